The number of fused-ring (bicyclic) bond motifs is 1. The minimum atomic E-state index is 0.423. The van der Waals surface area contributed by atoms with E-state index < -0.39 is 0 Å². The van der Waals surface area contributed by atoms with E-state index in [4.69, 9.17) is 4.74 Å². The van der Waals surface area contributed by atoms with Gasteiger partial charge in [0.2, 0.25) is 0 Å². The smallest absolute Gasteiger partial charge is 0.119 e. The SMILES string of the molecule is COc1ccc(NC2CCCc3ccccc32)c(C)c1. The molecule has 0 fully saturated rings. The Morgan fingerprint density at radius 3 is 2.80 bits per heavy atom. The van der Waals surface area contributed by atoms with Crippen LogP contribution in [0.3, 0.4) is 0 Å². The molecule has 1 aliphatic carbocycles. The molecular weight excluding hydrogens is 246 g/mol. The van der Waals surface area contributed by atoms with E-state index >= 15 is 0 Å². The van der Waals surface area contributed by atoms with Crippen molar-refractivity contribution in [1.82, 2.24) is 0 Å². The summed E-state index contributed by atoms with van der Waals surface area (Å²) in [6.45, 7) is 2.12. The zero-order valence-corrected chi connectivity index (χ0v) is 12.1. The molecule has 1 N–H and O–H groups in total. The zero-order valence-electron chi connectivity index (χ0n) is 12.1. The maximum Gasteiger partial charge on any atom is 0.119 e. The molecule has 1 unspecified atom stereocenters. The number of methoxy groups -OCH3 is 1. The first kappa shape index (κ1) is 13.0. The minimum Gasteiger partial charge on any atom is -0.497 e. The highest BCUT2D eigenvalue weighted by Gasteiger charge is 2.19. The van der Waals surface area contributed by atoms with E-state index in [1.165, 1.54) is 41.6 Å². The molecule has 0 radical (unpaired) electrons. The maximum atomic E-state index is 5.27. The van der Waals surface area contributed by atoms with E-state index in [-0.39, 0.29) is 0 Å². The largest absolute Gasteiger partial charge is 0.497 e. The quantitative estimate of drug-likeness (QED) is 0.884. The molecule has 1 aliphatic rings. The Labute approximate surface area is 120 Å². The molecule has 0 bridgehead atoms. The van der Waals surface area contributed by atoms with Gasteiger partial charge in [0.15, 0.2) is 0 Å². The summed E-state index contributed by atoms with van der Waals surface area (Å²) < 4.78 is 5.27. The number of hydrogen-bond acceptors (Lipinski definition) is 2. The summed E-state index contributed by atoms with van der Waals surface area (Å²) in [4.78, 5) is 0. The third-order valence-corrected chi connectivity index (χ3v) is 4.13. The minimum absolute atomic E-state index is 0.423. The van der Waals surface area contributed by atoms with Crippen molar-refractivity contribution in [3.8, 4) is 5.75 Å². The monoisotopic (exact) mass is 267 g/mol. The van der Waals surface area contributed by atoms with Gasteiger partial charge in [0.05, 0.1) is 13.2 Å². The van der Waals surface area contributed by atoms with E-state index in [1.807, 2.05) is 6.07 Å². The highest BCUT2D eigenvalue weighted by Crippen LogP contribution is 2.33. The molecular formula is C18H21NO. The second-order valence-electron chi connectivity index (χ2n) is 5.47. The predicted octanol–water partition coefficient (Wildman–Crippen LogP) is 4.49. The summed E-state index contributed by atoms with van der Waals surface area (Å²) >= 11 is 0. The molecule has 3 rings (SSSR count). The van der Waals surface area contributed by atoms with E-state index in [0.29, 0.717) is 6.04 Å². The second-order valence-corrected chi connectivity index (χ2v) is 5.47. The fraction of sp³-hybridized carbons (Fsp3) is 0.333. The Morgan fingerprint density at radius 1 is 1.15 bits per heavy atom. The van der Waals surface area contributed by atoms with E-state index in [1.54, 1.807) is 7.11 Å². The van der Waals surface area contributed by atoms with Crippen molar-refractivity contribution >= 4 is 5.69 Å². The fourth-order valence-corrected chi connectivity index (χ4v) is 3.02. The Morgan fingerprint density at radius 2 is 2.00 bits per heavy atom. The number of anilines is 1. The second kappa shape index (κ2) is 5.58. The lowest BCUT2D eigenvalue weighted by Crippen LogP contribution is -2.17. The van der Waals surface area contributed by atoms with Gasteiger partial charge in [0, 0.05) is 5.69 Å². The van der Waals surface area contributed by atoms with E-state index in [2.05, 4.69) is 48.6 Å². The molecule has 0 saturated carbocycles. The molecule has 1 atom stereocenters. The number of hydrogen-bond donors (Lipinski definition) is 1. The standard InChI is InChI=1S/C18H21NO/c1-13-12-15(20-2)10-11-17(13)19-18-9-5-7-14-6-3-4-8-16(14)18/h3-4,6,8,10-12,18-19H,5,7,9H2,1-2H3. The van der Waals surface area contributed by atoms with Crippen molar-refractivity contribution in [2.45, 2.75) is 32.2 Å². The van der Waals surface area contributed by atoms with Crippen molar-refractivity contribution < 1.29 is 4.74 Å². The summed E-state index contributed by atoms with van der Waals surface area (Å²) in [6.07, 6.45) is 3.66. The number of aryl methyl sites for hydroxylation is 2. The summed E-state index contributed by atoms with van der Waals surface area (Å²) in [6, 6.07) is 15.4. The van der Waals surface area contributed by atoms with Crippen LogP contribution in [0.5, 0.6) is 5.75 Å². The molecule has 0 aromatic heterocycles. The third-order valence-electron chi connectivity index (χ3n) is 4.13. The van der Waals surface area contributed by atoms with Crippen molar-refractivity contribution in [3.63, 3.8) is 0 Å². The normalized spacial score (nSPS) is 17.4. The van der Waals surface area contributed by atoms with Crippen molar-refractivity contribution in [1.29, 1.82) is 0 Å². The van der Waals surface area contributed by atoms with Crippen LogP contribution in [0.1, 0.15) is 35.6 Å². The molecule has 0 amide bonds. The summed E-state index contributed by atoms with van der Waals surface area (Å²) in [5.74, 6) is 0.914. The Bertz CT molecular complexity index is 606. The number of rotatable bonds is 3. The van der Waals surface area contributed by atoms with Crippen LogP contribution < -0.4 is 10.1 Å². The van der Waals surface area contributed by atoms with Crippen molar-refractivity contribution in [2.75, 3.05) is 12.4 Å². The number of nitrogens with one attached hydrogen (secondary N) is 1. The summed E-state index contributed by atoms with van der Waals surface area (Å²) in [7, 11) is 1.71. The molecule has 0 spiro atoms. The van der Waals surface area contributed by atoms with Crippen LogP contribution in [-0.2, 0) is 6.42 Å². The Hall–Kier alpha value is -1.96. The lowest BCUT2D eigenvalue weighted by Gasteiger charge is -2.28. The van der Waals surface area contributed by atoms with Crippen molar-refractivity contribution in [2.24, 2.45) is 0 Å². The van der Waals surface area contributed by atoms with Gasteiger partial charge in [-0.2, -0.15) is 0 Å². The first-order valence-corrected chi connectivity index (χ1v) is 7.27. The topological polar surface area (TPSA) is 21.3 Å². The first-order chi connectivity index (χ1) is 9.78. The predicted molar refractivity (Wildman–Crippen MR) is 83.5 cm³/mol. The first-order valence-electron chi connectivity index (χ1n) is 7.27. The molecule has 2 heteroatoms. The van der Waals surface area contributed by atoms with Gasteiger partial charge in [0.25, 0.3) is 0 Å². The highest BCUT2D eigenvalue weighted by atomic mass is 16.5. The van der Waals surface area contributed by atoms with Crippen LogP contribution in [-0.4, -0.2) is 7.11 Å². The lowest BCUT2D eigenvalue weighted by atomic mass is 9.87. The average Bonchev–Trinajstić information content (AvgIpc) is 2.49. The molecule has 0 saturated heterocycles. The van der Waals surface area contributed by atoms with Crippen LogP contribution in [0.25, 0.3) is 0 Å². The van der Waals surface area contributed by atoms with Gasteiger partial charge in [-0.15, -0.1) is 0 Å². The number of ether oxygens (including phenoxy) is 1. The van der Waals surface area contributed by atoms with Crippen LogP contribution in [0, 0.1) is 6.92 Å². The average molecular weight is 267 g/mol. The van der Waals surface area contributed by atoms with Crippen molar-refractivity contribution in [3.05, 3.63) is 59.2 Å². The fourth-order valence-electron chi connectivity index (χ4n) is 3.02. The molecule has 2 aromatic rings. The molecule has 20 heavy (non-hydrogen) atoms. The molecule has 0 heterocycles. The van der Waals surface area contributed by atoms with Gasteiger partial charge >= 0.3 is 0 Å². The third kappa shape index (κ3) is 2.51. The number of benzene rings is 2. The van der Waals surface area contributed by atoms with Crippen LogP contribution >= 0.6 is 0 Å². The van der Waals surface area contributed by atoms with E-state index in [9.17, 15) is 0 Å². The van der Waals surface area contributed by atoms with Gasteiger partial charge in [0.1, 0.15) is 5.75 Å². The van der Waals surface area contributed by atoms with Crippen LogP contribution in [0.15, 0.2) is 42.5 Å². The van der Waals surface area contributed by atoms with Gasteiger partial charge in [-0.3, -0.25) is 0 Å². The van der Waals surface area contributed by atoms with Crippen LogP contribution in [0.4, 0.5) is 5.69 Å². The molecule has 2 aromatic carbocycles. The van der Waals surface area contributed by atoms with Gasteiger partial charge in [-0.25, -0.2) is 0 Å². The highest BCUT2D eigenvalue weighted by molar-refractivity contribution is 5.55. The van der Waals surface area contributed by atoms with Gasteiger partial charge < -0.3 is 10.1 Å². The van der Waals surface area contributed by atoms with Gasteiger partial charge in [-0.05, 0) is 61.1 Å². The summed E-state index contributed by atoms with van der Waals surface area (Å²) in [5, 5.41) is 3.70. The zero-order chi connectivity index (χ0) is 13.9. The molecule has 2 nitrogen and oxygen atoms in total. The summed E-state index contributed by atoms with van der Waals surface area (Å²) in [5.41, 5.74) is 5.37. The van der Waals surface area contributed by atoms with Gasteiger partial charge in [-0.1, -0.05) is 24.3 Å². The van der Waals surface area contributed by atoms with Crippen LogP contribution in [0.2, 0.25) is 0 Å². The Balaban J connectivity index is 1.85. The van der Waals surface area contributed by atoms with E-state index in [0.717, 1.165) is 5.75 Å². The maximum absolute atomic E-state index is 5.27. The lowest BCUT2D eigenvalue weighted by molar-refractivity contribution is 0.414. The Kier molecular flexibility index (Phi) is 3.64. The molecule has 104 valence electrons. The molecule has 0 aliphatic heterocycles.